The van der Waals surface area contributed by atoms with Crippen LogP contribution in [0.15, 0.2) is 72.8 Å². The van der Waals surface area contributed by atoms with Crippen molar-refractivity contribution >= 4 is 17.6 Å². The highest BCUT2D eigenvalue weighted by molar-refractivity contribution is 5.99. The summed E-state index contributed by atoms with van der Waals surface area (Å²) in [7, 11) is 0. The van der Waals surface area contributed by atoms with Crippen LogP contribution in [-0.2, 0) is 10.3 Å². The van der Waals surface area contributed by atoms with Crippen LogP contribution in [0.25, 0.3) is 11.1 Å². The SMILES string of the molecule is O=C(O)c1ccc(NC2(C(=O)O)c3ccccc3-c3ccccc32)cc1. The van der Waals surface area contributed by atoms with Gasteiger partial charge in [0.25, 0.3) is 0 Å². The van der Waals surface area contributed by atoms with Gasteiger partial charge in [-0.05, 0) is 35.4 Å². The first-order valence-electron chi connectivity index (χ1n) is 8.08. The third kappa shape index (κ3) is 2.18. The summed E-state index contributed by atoms with van der Waals surface area (Å²) in [4.78, 5) is 23.5. The molecule has 1 aliphatic rings. The van der Waals surface area contributed by atoms with Crippen molar-refractivity contribution in [2.24, 2.45) is 0 Å². The van der Waals surface area contributed by atoms with Crippen molar-refractivity contribution < 1.29 is 19.8 Å². The normalized spacial score (nSPS) is 13.5. The van der Waals surface area contributed by atoms with Crippen LogP contribution in [0.3, 0.4) is 0 Å². The highest BCUT2D eigenvalue weighted by atomic mass is 16.4. The van der Waals surface area contributed by atoms with Gasteiger partial charge in [-0.3, -0.25) is 0 Å². The topological polar surface area (TPSA) is 86.6 Å². The van der Waals surface area contributed by atoms with Crippen molar-refractivity contribution in [1.29, 1.82) is 0 Å². The lowest BCUT2D eigenvalue weighted by atomic mass is 9.87. The maximum atomic E-state index is 12.5. The van der Waals surface area contributed by atoms with E-state index in [0.29, 0.717) is 16.8 Å². The van der Waals surface area contributed by atoms with E-state index in [2.05, 4.69) is 5.32 Å². The van der Waals surface area contributed by atoms with Crippen LogP contribution in [0, 0.1) is 0 Å². The van der Waals surface area contributed by atoms with Crippen LogP contribution < -0.4 is 5.32 Å². The fraction of sp³-hybridized carbons (Fsp3) is 0.0476. The number of anilines is 1. The van der Waals surface area contributed by atoms with E-state index in [1.165, 1.54) is 12.1 Å². The van der Waals surface area contributed by atoms with Gasteiger partial charge in [0.05, 0.1) is 5.56 Å². The van der Waals surface area contributed by atoms with E-state index in [-0.39, 0.29) is 5.56 Å². The van der Waals surface area contributed by atoms with Gasteiger partial charge in [-0.2, -0.15) is 0 Å². The van der Waals surface area contributed by atoms with Crippen LogP contribution in [0.5, 0.6) is 0 Å². The quantitative estimate of drug-likeness (QED) is 0.669. The molecule has 0 fully saturated rings. The van der Waals surface area contributed by atoms with Gasteiger partial charge in [-0.15, -0.1) is 0 Å². The molecule has 0 aliphatic heterocycles. The molecule has 3 aromatic carbocycles. The number of nitrogens with one attached hydrogen (secondary N) is 1. The molecule has 0 unspecified atom stereocenters. The van der Waals surface area contributed by atoms with E-state index in [0.717, 1.165) is 11.1 Å². The molecule has 1 aliphatic carbocycles. The van der Waals surface area contributed by atoms with Crippen molar-refractivity contribution in [2.75, 3.05) is 5.32 Å². The Labute approximate surface area is 149 Å². The summed E-state index contributed by atoms with van der Waals surface area (Å²) >= 11 is 0. The molecule has 0 spiro atoms. The van der Waals surface area contributed by atoms with Gasteiger partial charge in [-0.1, -0.05) is 48.5 Å². The van der Waals surface area contributed by atoms with Gasteiger partial charge in [0.2, 0.25) is 0 Å². The molecule has 4 rings (SSSR count). The minimum Gasteiger partial charge on any atom is -0.479 e. The molecular formula is C21H15NO4. The fourth-order valence-electron chi connectivity index (χ4n) is 3.57. The highest BCUT2D eigenvalue weighted by Gasteiger charge is 2.49. The Morgan fingerprint density at radius 2 is 1.23 bits per heavy atom. The van der Waals surface area contributed by atoms with Crippen molar-refractivity contribution in [3.63, 3.8) is 0 Å². The summed E-state index contributed by atoms with van der Waals surface area (Å²) < 4.78 is 0. The number of fused-ring (bicyclic) bond motifs is 3. The Morgan fingerprint density at radius 1 is 0.731 bits per heavy atom. The lowest BCUT2D eigenvalue weighted by molar-refractivity contribution is -0.141. The highest BCUT2D eigenvalue weighted by Crippen LogP contribution is 2.49. The van der Waals surface area contributed by atoms with E-state index in [1.807, 2.05) is 48.5 Å². The number of carboxylic acid groups (broad SMARTS) is 2. The van der Waals surface area contributed by atoms with Gasteiger partial charge in [-0.25, -0.2) is 9.59 Å². The summed E-state index contributed by atoms with van der Waals surface area (Å²) in [5.41, 5.74) is 2.32. The third-order valence-corrected chi connectivity index (χ3v) is 4.74. The Bertz CT molecular complexity index is 979. The first kappa shape index (κ1) is 15.9. The molecule has 0 atom stereocenters. The average molecular weight is 345 g/mol. The van der Waals surface area contributed by atoms with Crippen LogP contribution >= 0.6 is 0 Å². The summed E-state index contributed by atoms with van der Waals surface area (Å²) in [6.07, 6.45) is 0. The summed E-state index contributed by atoms with van der Waals surface area (Å²) in [5, 5.41) is 22.4. The summed E-state index contributed by atoms with van der Waals surface area (Å²) in [6.45, 7) is 0. The smallest absolute Gasteiger partial charge is 0.338 e. The molecular weight excluding hydrogens is 330 g/mol. The monoisotopic (exact) mass is 345 g/mol. The standard InChI is InChI=1S/C21H15NO4/c23-19(24)13-9-11-14(12-10-13)22-21(20(25)26)17-7-3-1-5-15(17)16-6-2-4-8-18(16)21/h1-12,22H,(H,23,24)(H,25,26). The predicted molar refractivity (Wildman–Crippen MR) is 97.3 cm³/mol. The molecule has 0 radical (unpaired) electrons. The Morgan fingerprint density at radius 3 is 1.69 bits per heavy atom. The zero-order valence-electron chi connectivity index (χ0n) is 13.6. The summed E-state index contributed by atoms with van der Waals surface area (Å²) in [5.74, 6) is -2.04. The molecule has 3 N–H and O–H groups in total. The van der Waals surface area contributed by atoms with Crippen molar-refractivity contribution in [1.82, 2.24) is 0 Å². The lowest BCUT2D eigenvalue weighted by Gasteiger charge is -2.29. The van der Waals surface area contributed by atoms with Crippen molar-refractivity contribution in [3.05, 3.63) is 89.5 Å². The van der Waals surface area contributed by atoms with Gasteiger partial charge >= 0.3 is 11.9 Å². The van der Waals surface area contributed by atoms with E-state index in [9.17, 15) is 14.7 Å². The van der Waals surface area contributed by atoms with Crippen molar-refractivity contribution in [2.45, 2.75) is 5.54 Å². The second kappa shape index (κ2) is 5.74. The first-order chi connectivity index (χ1) is 12.5. The number of benzene rings is 3. The molecule has 5 heteroatoms. The van der Waals surface area contributed by atoms with E-state index in [1.54, 1.807) is 12.1 Å². The number of carboxylic acids is 2. The Hall–Kier alpha value is -3.60. The van der Waals surface area contributed by atoms with E-state index >= 15 is 0 Å². The second-order valence-corrected chi connectivity index (χ2v) is 6.15. The number of aliphatic carboxylic acids is 1. The van der Waals surface area contributed by atoms with Gasteiger partial charge in [0.15, 0.2) is 5.54 Å². The van der Waals surface area contributed by atoms with Crippen LogP contribution in [0.2, 0.25) is 0 Å². The van der Waals surface area contributed by atoms with Gasteiger partial charge in [0.1, 0.15) is 0 Å². The average Bonchev–Trinajstić information content (AvgIpc) is 2.94. The number of rotatable bonds is 4. The van der Waals surface area contributed by atoms with Crippen molar-refractivity contribution in [3.8, 4) is 11.1 Å². The largest absolute Gasteiger partial charge is 0.479 e. The van der Waals surface area contributed by atoms with Crippen LogP contribution in [-0.4, -0.2) is 22.2 Å². The van der Waals surface area contributed by atoms with Gasteiger partial charge in [0, 0.05) is 16.8 Å². The lowest BCUT2D eigenvalue weighted by Crippen LogP contribution is -2.43. The van der Waals surface area contributed by atoms with Gasteiger partial charge < -0.3 is 15.5 Å². The van der Waals surface area contributed by atoms with E-state index < -0.39 is 17.5 Å². The fourth-order valence-corrected chi connectivity index (χ4v) is 3.57. The molecule has 0 heterocycles. The van der Waals surface area contributed by atoms with Crippen LogP contribution in [0.4, 0.5) is 5.69 Å². The number of hydrogen-bond acceptors (Lipinski definition) is 3. The molecule has 5 nitrogen and oxygen atoms in total. The molecule has 0 aromatic heterocycles. The number of carbonyl (C=O) groups is 2. The van der Waals surface area contributed by atoms with Crippen LogP contribution in [0.1, 0.15) is 21.5 Å². The zero-order valence-corrected chi connectivity index (χ0v) is 13.6. The number of hydrogen-bond donors (Lipinski definition) is 3. The summed E-state index contributed by atoms with van der Waals surface area (Å²) in [6, 6.07) is 20.9. The van der Waals surface area contributed by atoms with E-state index in [4.69, 9.17) is 5.11 Å². The minimum absolute atomic E-state index is 0.146. The Balaban J connectivity index is 1.90. The second-order valence-electron chi connectivity index (χ2n) is 6.15. The molecule has 0 saturated carbocycles. The molecule has 3 aromatic rings. The predicted octanol–water partition coefficient (Wildman–Crippen LogP) is 3.81. The number of aromatic carboxylic acids is 1. The third-order valence-electron chi connectivity index (χ3n) is 4.74. The minimum atomic E-state index is -1.43. The first-order valence-corrected chi connectivity index (χ1v) is 8.08. The maximum absolute atomic E-state index is 12.5. The Kier molecular flexibility index (Phi) is 3.51. The molecule has 0 bridgehead atoms. The molecule has 128 valence electrons. The molecule has 0 saturated heterocycles. The molecule has 0 amide bonds. The maximum Gasteiger partial charge on any atom is 0.338 e. The zero-order chi connectivity index (χ0) is 18.3. The molecule has 26 heavy (non-hydrogen) atoms.